The zero-order valence-electron chi connectivity index (χ0n) is 11.8. The predicted molar refractivity (Wildman–Crippen MR) is 78.0 cm³/mol. The van der Waals surface area contributed by atoms with Crippen molar-refractivity contribution >= 4 is 11.6 Å². The van der Waals surface area contributed by atoms with Crippen LogP contribution >= 0.6 is 0 Å². The highest BCUT2D eigenvalue weighted by Crippen LogP contribution is 2.14. The minimum Gasteiger partial charge on any atom is -0.493 e. The van der Waals surface area contributed by atoms with Gasteiger partial charge in [0.15, 0.2) is 0 Å². The lowest BCUT2D eigenvalue weighted by molar-refractivity contribution is -0.121. The third-order valence-electron chi connectivity index (χ3n) is 2.74. The Bertz CT molecular complexity index is 391. The Labute approximate surface area is 115 Å². The second kappa shape index (κ2) is 8.40. The number of carbonyl (C=O) groups excluding carboxylic acids is 1. The summed E-state index contributed by atoms with van der Waals surface area (Å²) in [5, 5.41) is 2.89. The summed E-state index contributed by atoms with van der Waals surface area (Å²) in [5.41, 5.74) is 6.30. The maximum atomic E-state index is 11.5. The first-order chi connectivity index (χ1) is 9.08. The standard InChI is InChI=1S/C15H24N2O2/c1-12(2)5-4-9-17-15(18)8-10-19-14-7-3-6-13(16)11-14/h3,6-7,11-12H,4-5,8-10,16H2,1-2H3,(H,17,18). The van der Waals surface area contributed by atoms with Crippen molar-refractivity contribution in [3.8, 4) is 5.75 Å². The van der Waals surface area contributed by atoms with E-state index in [-0.39, 0.29) is 5.91 Å². The van der Waals surface area contributed by atoms with Crippen molar-refractivity contribution in [3.05, 3.63) is 24.3 Å². The molecule has 0 aromatic heterocycles. The van der Waals surface area contributed by atoms with Gasteiger partial charge in [0.05, 0.1) is 13.0 Å². The van der Waals surface area contributed by atoms with E-state index in [1.54, 1.807) is 12.1 Å². The second-order valence-electron chi connectivity index (χ2n) is 5.06. The number of benzene rings is 1. The lowest BCUT2D eigenvalue weighted by Gasteiger charge is -2.08. The molecule has 0 atom stereocenters. The fourth-order valence-electron chi connectivity index (χ4n) is 1.69. The van der Waals surface area contributed by atoms with Gasteiger partial charge in [-0.15, -0.1) is 0 Å². The van der Waals surface area contributed by atoms with Crippen LogP contribution in [0.4, 0.5) is 5.69 Å². The van der Waals surface area contributed by atoms with Gasteiger partial charge in [-0.25, -0.2) is 0 Å². The van der Waals surface area contributed by atoms with Gasteiger partial charge in [-0.2, -0.15) is 0 Å². The molecule has 0 spiro atoms. The van der Waals surface area contributed by atoms with Gasteiger partial charge in [-0.05, 0) is 30.9 Å². The van der Waals surface area contributed by atoms with E-state index >= 15 is 0 Å². The molecule has 0 fully saturated rings. The van der Waals surface area contributed by atoms with Gasteiger partial charge in [0.2, 0.25) is 5.91 Å². The average molecular weight is 264 g/mol. The van der Waals surface area contributed by atoms with E-state index in [1.165, 1.54) is 0 Å². The Balaban J connectivity index is 2.10. The van der Waals surface area contributed by atoms with Crippen LogP contribution in [0, 0.1) is 5.92 Å². The SMILES string of the molecule is CC(C)CCCNC(=O)CCOc1cccc(N)c1. The van der Waals surface area contributed by atoms with Crippen LogP contribution < -0.4 is 15.8 Å². The molecule has 0 saturated carbocycles. The summed E-state index contributed by atoms with van der Waals surface area (Å²) in [7, 11) is 0. The van der Waals surface area contributed by atoms with Gasteiger partial charge in [0, 0.05) is 18.3 Å². The lowest BCUT2D eigenvalue weighted by atomic mass is 10.1. The van der Waals surface area contributed by atoms with Gasteiger partial charge in [0.25, 0.3) is 0 Å². The number of ether oxygens (including phenoxy) is 1. The maximum Gasteiger partial charge on any atom is 0.223 e. The quantitative estimate of drug-likeness (QED) is 0.560. The summed E-state index contributed by atoms with van der Waals surface area (Å²) in [6.45, 7) is 5.48. The number of nitrogens with two attached hydrogens (primary N) is 1. The molecule has 1 aromatic carbocycles. The molecule has 0 saturated heterocycles. The molecule has 106 valence electrons. The van der Waals surface area contributed by atoms with Crippen LogP contribution in [0.15, 0.2) is 24.3 Å². The number of anilines is 1. The molecule has 0 bridgehead atoms. The number of amides is 1. The summed E-state index contributed by atoms with van der Waals surface area (Å²) in [4.78, 5) is 11.5. The first-order valence-electron chi connectivity index (χ1n) is 6.83. The highest BCUT2D eigenvalue weighted by atomic mass is 16.5. The zero-order chi connectivity index (χ0) is 14.1. The smallest absolute Gasteiger partial charge is 0.223 e. The lowest BCUT2D eigenvalue weighted by Crippen LogP contribution is -2.26. The largest absolute Gasteiger partial charge is 0.493 e. The molecule has 0 heterocycles. The Morgan fingerprint density at radius 3 is 2.89 bits per heavy atom. The number of hydrogen-bond donors (Lipinski definition) is 2. The van der Waals surface area contributed by atoms with Gasteiger partial charge in [-0.3, -0.25) is 4.79 Å². The van der Waals surface area contributed by atoms with E-state index in [1.807, 2.05) is 12.1 Å². The molecule has 0 radical (unpaired) electrons. The van der Waals surface area contributed by atoms with Crippen LogP contribution in [0.25, 0.3) is 0 Å². The van der Waals surface area contributed by atoms with Gasteiger partial charge in [-0.1, -0.05) is 19.9 Å². The molecule has 0 aliphatic rings. The van der Waals surface area contributed by atoms with Gasteiger partial charge in [0.1, 0.15) is 5.75 Å². The Kier molecular flexibility index (Phi) is 6.79. The minimum atomic E-state index is 0.0349. The van der Waals surface area contributed by atoms with E-state index in [9.17, 15) is 4.79 Å². The molecule has 0 aliphatic carbocycles. The summed E-state index contributed by atoms with van der Waals surface area (Å²) in [6.07, 6.45) is 2.54. The minimum absolute atomic E-state index is 0.0349. The number of nitrogen functional groups attached to an aromatic ring is 1. The molecule has 4 nitrogen and oxygen atoms in total. The Hall–Kier alpha value is -1.71. The Morgan fingerprint density at radius 1 is 1.42 bits per heavy atom. The maximum absolute atomic E-state index is 11.5. The fraction of sp³-hybridized carbons (Fsp3) is 0.533. The monoisotopic (exact) mass is 264 g/mol. The third-order valence-corrected chi connectivity index (χ3v) is 2.74. The van der Waals surface area contributed by atoms with Crippen LogP contribution in [-0.2, 0) is 4.79 Å². The molecule has 1 aromatic rings. The van der Waals surface area contributed by atoms with Crippen molar-refractivity contribution in [1.82, 2.24) is 5.32 Å². The van der Waals surface area contributed by atoms with E-state index in [0.717, 1.165) is 19.4 Å². The molecule has 4 heteroatoms. The zero-order valence-corrected chi connectivity index (χ0v) is 11.8. The van der Waals surface area contributed by atoms with E-state index in [0.29, 0.717) is 30.4 Å². The fourth-order valence-corrected chi connectivity index (χ4v) is 1.69. The second-order valence-corrected chi connectivity index (χ2v) is 5.06. The van der Waals surface area contributed by atoms with E-state index < -0.39 is 0 Å². The van der Waals surface area contributed by atoms with Crippen LogP contribution in [0.3, 0.4) is 0 Å². The first-order valence-corrected chi connectivity index (χ1v) is 6.83. The van der Waals surface area contributed by atoms with Crippen LogP contribution in [0.2, 0.25) is 0 Å². The van der Waals surface area contributed by atoms with Crippen molar-refractivity contribution in [1.29, 1.82) is 0 Å². The first kappa shape index (κ1) is 15.3. The van der Waals surface area contributed by atoms with Crippen LogP contribution in [-0.4, -0.2) is 19.1 Å². The molecule has 1 rings (SSSR count). The molecular weight excluding hydrogens is 240 g/mol. The summed E-state index contributed by atoms with van der Waals surface area (Å²) < 4.78 is 5.46. The van der Waals surface area contributed by atoms with Crippen molar-refractivity contribution in [3.63, 3.8) is 0 Å². The molecule has 0 aliphatic heterocycles. The highest BCUT2D eigenvalue weighted by molar-refractivity contribution is 5.75. The average Bonchev–Trinajstić information content (AvgIpc) is 2.34. The van der Waals surface area contributed by atoms with Gasteiger partial charge < -0.3 is 15.8 Å². The predicted octanol–water partition coefficient (Wildman–Crippen LogP) is 2.59. The van der Waals surface area contributed by atoms with E-state index in [2.05, 4.69) is 19.2 Å². The molecule has 1 amide bonds. The van der Waals surface area contributed by atoms with Crippen molar-refractivity contribution < 1.29 is 9.53 Å². The summed E-state index contributed by atoms with van der Waals surface area (Å²) in [5.74, 6) is 1.42. The number of nitrogens with one attached hydrogen (secondary N) is 1. The van der Waals surface area contributed by atoms with E-state index in [4.69, 9.17) is 10.5 Å². The molecule has 3 N–H and O–H groups in total. The van der Waals surface area contributed by atoms with Gasteiger partial charge >= 0.3 is 0 Å². The molecule has 19 heavy (non-hydrogen) atoms. The number of hydrogen-bond acceptors (Lipinski definition) is 3. The van der Waals surface area contributed by atoms with Crippen molar-refractivity contribution in [2.75, 3.05) is 18.9 Å². The van der Waals surface area contributed by atoms with Crippen LogP contribution in [0.1, 0.15) is 33.1 Å². The van der Waals surface area contributed by atoms with Crippen molar-refractivity contribution in [2.24, 2.45) is 5.92 Å². The van der Waals surface area contributed by atoms with Crippen LogP contribution in [0.5, 0.6) is 5.75 Å². The van der Waals surface area contributed by atoms with Crippen molar-refractivity contribution in [2.45, 2.75) is 33.1 Å². The molecular formula is C15H24N2O2. The normalized spacial score (nSPS) is 10.5. The number of rotatable bonds is 8. The summed E-state index contributed by atoms with van der Waals surface area (Å²) in [6, 6.07) is 7.21. The highest BCUT2D eigenvalue weighted by Gasteiger charge is 2.02. The third kappa shape index (κ3) is 7.34. The topological polar surface area (TPSA) is 64.3 Å². The Morgan fingerprint density at radius 2 is 2.21 bits per heavy atom. The summed E-state index contributed by atoms with van der Waals surface area (Å²) >= 11 is 0. The number of carbonyl (C=O) groups is 1. The molecule has 0 unspecified atom stereocenters.